The lowest BCUT2D eigenvalue weighted by atomic mass is 9.97. The van der Waals surface area contributed by atoms with E-state index in [4.69, 9.17) is 0 Å². The molecular formula is C13H22N2O4S. The summed E-state index contributed by atoms with van der Waals surface area (Å²) in [6.07, 6.45) is 2.07. The van der Waals surface area contributed by atoms with Crippen LogP contribution in [-0.4, -0.2) is 54.8 Å². The van der Waals surface area contributed by atoms with Crippen LogP contribution in [0.25, 0.3) is 0 Å². The fourth-order valence-electron chi connectivity index (χ4n) is 3.07. The van der Waals surface area contributed by atoms with E-state index in [-0.39, 0.29) is 29.7 Å². The molecule has 0 aromatic carbocycles. The topological polar surface area (TPSA) is 83.6 Å². The van der Waals surface area contributed by atoms with Gasteiger partial charge in [-0.15, -0.1) is 0 Å². The lowest BCUT2D eigenvalue weighted by molar-refractivity contribution is -0.138. The molecule has 2 aliphatic heterocycles. The van der Waals surface area contributed by atoms with Gasteiger partial charge in [0.15, 0.2) is 9.84 Å². The Hall–Kier alpha value is -1.11. The maximum Gasteiger partial charge on any atom is 0.245 e. The van der Waals surface area contributed by atoms with Gasteiger partial charge in [-0.1, -0.05) is 13.3 Å². The molecule has 2 fully saturated rings. The van der Waals surface area contributed by atoms with Crippen molar-refractivity contribution in [3.05, 3.63) is 0 Å². The van der Waals surface area contributed by atoms with Crippen LogP contribution in [0.15, 0.2) is 0 Å². The second-order valence-electron chi connectivity index (χ2n) is 5.99. The molecule has 2 saturated heterocycles. The maximum absolute atomic E-state index is 12.6. The summed E-state index contributed by atoms with van der Waals surface area (Å²) in [5.41, 5.74) is -0.672. The summed E-state index contributed by atoms with van der Waals surface area (Å²) < 4.78 is 23.5. The standard InChI is InChI=1S/C13H22N2O4S/c1-3-4-10-12(17)15(7-5-11(16)14-10)13(2)6-8-20(18,19)9-13/h10H,3-9H2,1-2H3,(H,14,16). The number of nitrogens with zero attached hydrogens (tertiary/aromatic N) is 1. The fraction of sp³-hybridized carbons (Fsp3) is 0.846. The highest BCUT2D eigenvalue weighted by atomic mass is 32.2. The quantitative estimate of drug-likeness (QED) is 0.800. The van der Waals surface area contributed by atoms with E-state index in [0.717, 1.165) is 6.42 Å². The second-order valence-corrected chi connectivity index (χ2v) is 8.17. The largest absolute Gasteiger partial charge is 0.344 e. The monoisotopic (exact) mass is 302 g/mol. The third kappa shape index (κ3) is 2.97. The predicted molar refractivity (Wildman–Crippen MR) is 74.8 cm³/mol. The summed E-state index contributed by atoms with van der Waals surface area (Å²) in [6, 6.07) is -0.518. The number of amides is 2. The Morgan fingerprint density at radius 3 is 2.65 bits per heavy atom. The zero-order chi connectivity index (χ0) is 15.0. The van der Waals surface area contributed by atoms with Crippen LogP contribution < -0.4 is 5.32 Å². The summed E-state index contributed by atoms with van der Waals surface area (Å²) >= 11 is 0. The van der Waals surface area contributed by atoms with E-state index in [1.54, 1.807) is 4.90 Å². The Morgan fingerprint density at radius 1 is 1.40 bits per heavy atom. The van der Waals surface area contributed by atoms with E-state index >= 15 is 0 Å². The molecule has 20 heavy (non-hydrogen) atoms. The van der Waals surface area contributed by atoms with Crippen molar-refractivity contribution < 1.29 is 18.0 Å². The highest BCUT2D eigenvalue weighted by Crippen LogP contribution is 2.31. The Balaban J connectivity index is 2.25. The minimum Gasteiger partial charge on any atom is -0.344 e. The zero-order valence-corrected chi connectivity index (χ0v) is 12.8. The molecular weight excluding hydrogens is 280 g/mol. The van der Waals surface area contributed by atoms with Gasteiger partial charge in [0.1, 0.15) is 6.04 Å². The maximum atomic E-state index is 12.6. The van der Waals surface area contributed by atoms with Gasteiger partial charge in [0.05, 0.1) is 17.0 Å². The number of carbonyl (C=O) groups excluding carboxylic acids is 2. The molecule has 0 radical (unpaired) electrons. The first-order valence-electron chi connectivity index (χ1n) is 7.09. The Bertz CT molecular complexity index is 516. The lowest BCUT2D eigenvalue weighted by Crippen LogP contribution is -2.55. The molecule has 0 spiro atoms. The first-order chi connectivity index (χ1) is 9.27. The van der Waals surface area contributed by atoms with Crippen molar-refractivity contribution in [2.45, 2.75) is 51.1 Å². The summed E-state index contributed by atoms with van der Waals surface area (Å²) in [7, 11) is -3.08. The molecule has 2 amide bonds. The van der Waals surface area contributed by atoms with E-state index in [9.17, 15) is 18.0 Å². The van der Waals surface area contributed by atoms with E-state index < -0.39 is 21.4 Å². The van der Waals surface area contributed by atoms with Gasteiger partial charge in [0, 0.05) is 13.0 Å². The van der Waals surface area contributed by atoms with Crippen LogP contribution in [0.1, 0.15) is 39.5 Å². The number of rotatable bonds is 3. The van der Waals surface area contributed by atoms with Gasteiger partial charge < -0.3 is 10.2 Å². The van der Waals surface area contributed by atoms with Crippen LogP contribution in [0.3, 0.4) is 0 Å². The number of hydrogen-bond acceptors (Lipinski definition) is 4. The number of nitrogens with one attached hydrogen (secondary N) is 1. The van der Waals surface area contributed by atoms with Crippen LogP contribution in [0, 0.1) is 0 Å². The first kappa shape index (κ1) is 15.3. The normalized spacial score (nSPS) is 33.9. The van der Waals surface area contributed by atoms with Gasteiger partial charge in [-0.2, -0.15) is 0 Å². The predicted octanol–water partition coefficient (Wildman–Crippen LogP) is 0.0808. The molecule has 1 N–H and O–H groups in total. The van der Waals surface area contributed by atoms with Gasteiger partial charge in [0.25, 0.3) is 0 Å². The summed E-state index contributed by atoms with van der Waals surface area (Å²) in [5.74, 6) is -0.160. The van der Waals surface area contributed by atoms with Crippen molar-refractivity contribution in [1.29, 1.82) is 0 Å². The highest BCUT2D eigenvalue weighted by molar-refractivity contribution is 7.91. The molecule has 2 aliphatic rings. The average molecular weight is 302 g/mol. The molecule has 0 saturated carbocycles. The van der Waals surface area contributed by atoms with Crippen molar-refractivity contribution in [1.82, 2.24) is 10.2 Å². The summed E-state index contributed by atoms with van der Waals surface area (Å²) in [5, 5.41) is 2.74. The Kier molecular flexibility index (Phi) is 4.09. The van der Waals surface area contributed by atoms with Crippen LogP contribution in [0.5, 0.6) is 0 Å². The SMILES string of the molecule is CCCC1NC(=O)CCN(C2(C)CCS(=O)(=O)C2)C1=O. The third-order valence-electron chi connectivity index (χ3n) is 4.17. The molecule has 114 valence electrons. The van der Waals surface area contributed by atoms with E-state index in [1.807, 2.05) is 13.8 Å². The summed E-state index contributed by atoms with van der Waals surface area (Å²) in [6.45, 7) is 4.07. The smallest absolute Gasteiger partial charge is 0.245 e. The van der Waals surface area contributed by atoms with Gasteiger partial charge in [0.2, 0.25) is 11.8 Å². The van der Waals surface area contributed by atoms with Gasteiger partial charge >= 0.3 is 0 Å². The Labute approximate surface area is 119 Å². The highest BCUT2D eigenvalue weighted by Gasteiger charge is 2.46. The summed E-state index contributed by atoms with van der Waals surface area (Å²) in [4.78, 5) is 25.9. The molecule has 0 aromatic heterocycles. The van der Waals surface area contributed by atoms with Crippen molar-refractivity contribution in [2.75, 3.05) is 18.1 Å². The van der Waals surface area contributed by atoms with Gasteiger partial charge in [-0.3, -0.25) is 9.59 Å². The van der Waals surface area contributed by atoms with Crippen molar-refractivity contribution in [2.24, 2.45) is 0 Å². The van der Waals surface area contributed by atoms with Gasteiger partial charge in [-0.25, -0.2) is 8.42 Å². The number of sulfone groups is 1. The third-order valence-corrected chi connectivity index (χ3v) is 6.06. The molecule has 7 heteroatoms. The molecule has 6 nitrogen and oxygen atoms in total. The van der Waals surface area contributed by atoms with E-state index in [2.05, 4.69) is 5.32 Å². The lowest BCUT2D eigenvalue weighted by Gasteiger charge is -2.38. The second kappa shape index (κ2) is 5.35. The zero-order valence-electron chi connectivity index (χ0n) is 12.0. The van der Waals surface area contributed by atoms with E-state index in [0.29, 0.717) is 19.4 Å². The Morgan fingerprint density at radius 2 is 2.10 bits per heavy atom. The van der Waals surface area contributed by atoms with Crippen LogP contribution in [0.4, 0.5) is 0 Å². The fourth-order valence-corrected chi connectivity index (χ4v) is 5.21. The molecule has 2 unspecified atom stereocenters. The molecule has 0 aliphatic carbocycles. The van der Waals surface area contributed by atoms with Crippen LogP contribution >= 0.6 is 0 Å². The first-order valence-corrected chi connectivity index (χ1v) is 8.91. The minimum atomic E-state index is -3.08. The molecule has 0 aromatic rings. The minimum absolute atomic E-state index is 0.00121. The molecule has 0 bridgehead atoms. The van der Waals surface area contributed by atoms with E-state index in [1.165, 1.54) is 0 Å². The molecule has 2 rings (SSSR count). The van der Waals surface area contributed by atoms with Gasteiger partial charge in [-0.05, 0) is 19.8 Å². The number of carbonyl (C=O) groups is 2. The van der Waals surface area contributed by atoms with Crippen molar-refractivity contribution >= 4 is 21.7 Å². The van der Waals surface area contributed by atoms with Crippen molar-refractivity contribution in [3.8, 4) is 0 Å². The van der Waals surface area contributed by atoms with Crippen LogP contribution in [0.2, 0.25) is 0 Å². The molecule has 2 atom stereocenters. The number of hydrogen-bond donors (Lipinski definition) is 1. The average Bonchev–Trinajstić information content (AvgIpc) is 2.54. The van der Waals surface area contributed by atoms with Crippen LogP contribution in [-0.2, 0) is 19.4 Å². The van der Waals surface area contributed by atoms with Crippen molar-refractivity contribution in [3.63, 3.8) is 0 Å². The molecule has 2 heterocycles.